The molecule has 2 N–H and O–H groups in total. The molecule has 26 heavy (non-hydrogen) atoms. The first kappa shape index (κ1) is 18.5. The Balaban J connectivity index is 1.72. The first-order valence-corrected chi connectivity index (χ1v) is 9.55. The number of nitrogens with one attached hydrogen (secondary N) is 2. The zero-order chi connectivity index (χ0) is 18.5. The van der Waals surface area contributed by atoms with E-state index in [1.807, 2.05) is 30.3 Å². The maximum absolute atomic E-state index is 13.6. The van der Waals surface area contributed by atoms with Gasteiger partial charge in [-0.25, -0.2) is 4.39 Å². The summed E-state index contributed by atoms with van der Waals surface area (Å²) in [6.07, 6.45) is 0.890. The van der Waals surface area contributed by atoms with Crippen molar-refractivity contribution in [2.24, 2.45) is 0 Å². The van der Waals surface area contributed by atoms with Gasteiger partial charge in [-0.2, -0.15) is 0 Å². The second kappa shape index (κ2) is 8.36. The predicted octanol–water partition coefficient (Wildman–Crippen LogP) is 3.75. The Morgan fingerprint density at radius 2 is 2.00 bits per heavy atom. The van der Waals surface area contributed by atoms with E-state index in [1.54, 1.807) is 17.8 Å². The van der Waals surface area contributed by atoms with Crippen LogP contribution in [0.2, 0.25) is 0 Å². The average Bonchev–Trinajstić information content (AvgIpc) is 2.62. The van der Waals surface area contributed by atoms with Crippen molar-refractivity contribution < 1.29 is 14.0 Å². The quantitative estimate of drug-likeness (QED) is 0.840. The minimum atomic E-state index is -0.390. The van der Waals surface area contributed by atoms with Crippen LogP contribution in [0.25, 0.3) is 0 Å². The van der Waals surface area contributed by atoms with Crippen molar-refractivity contribution in [3.05, 3.63) is 65.5 Å². The van der Waals surface area contributed by atoms with Crippen molar-refractivity contribution in [1.29, 1.82) is 0 Å². The summed E-state index contributed by atoms with van der Waals surface area (Å²) in [6.45, 7) is 1.44. The van der Waals surface area contributed by atoms with Gasteiger partial charge < -0.3 is 10.6 Å². The van der Waals surface area contributed by atoms with E-state index in [2.05, 4.69) is 10.6 Å². The second-order valence-corrected chi connectivity index (χ2v) is 7.44. The Bertz CT molecular complexity index is 798. The van der Waals surface area contributed by atoms with Crippen LogP contribution in [-0.4, -0.2) is 17.6 Å². The SMILES string of the molecule is CC(=O)NC(CC(=O)NC1CCSc2ccc(F)cc21)c1ccccc1. The molecule has 3 rings (SSSR count). The zero-order valence-corrected chi connectivity index (χ0v) is 15.3. The average molecular weight is 372 g/mol. The molecule has 0 aliphatic carbocycles. The van der Waals surface area contributed by atoms with Gasteiger partial charge in [0.1, 0.15) is 5.82 Å². The van der Waals surface area contributed by atoms with E-state index in [4.69, 9.17) is 0 Å². The highest BCUT2D eigenvalue weighted by Crippen LogP contribution is 2.36. The Hall–Kier alpha value is -2.34. The molecule has 2 amide bonds. The lowest BCUT2D eigenvalue weighted by molar-refractivity contribution is -0.123. The van der Waals surface area contributed by atoms with Crippen LogP contribution in [0.3, 0.4) is 0 Å². The van der Waals surface area contributed by atoms with Gasteiger partial charge in [0.2, 0.25) is 11.8 Å². The molecule has 4 nitrogen and oxygen atoms in total. The van der Waals surface area contributed by atoms with Crippen molar-refractivity contribution in [2.45, 2.75) is 36.7 Å². The maximum atomic E-state index is 13.6. The van der Waals surface area contributed by atoms with Gasteiger partial charge in [-0.05, 0) is 35.7 Å². The first-order valence-electron chi connectivity index (χ1n) is 8.56. The minimum absolute atomic E-state index is 0.137. The lowest BCUT2D eigenvalue weighted by Crippen LogP contribution is -2.35. The molecular formula is C20H21FN2O2S. The molecule has 1 aliphatic heterocycles. The number of amides is 2. The third kappa shape index (κ3) is 4.64. The third-order valence-electron chi connectivity index (χ3n) is 4.32. The highest BCUT2D eigenvalue weighted by Gasteiger charge is 2.24. The zero-order valence-electron chi connectivity index (χ0n) is 14.5. The molecule has 0 fully saturated rings. The molecule has 2 atom stereocenters. The molecule has 0 aromatic heterocycles. The van der Waals surface area contributed by atoms with Crippen LogP contribution < -0.4 is 10.6 Å². The maximum Gasteiger partial charge on any atom is 0.222 e. The third-order valence-corrected chi connectivity index (χ3v) is 5.44. The summed E-state index contributed by atoms with van der Waals surface area (Å²) in [5.74, 6) is 0.218. The van der Waals surface area contributed by atoms with Crippen molar-refractivity contribution >= 4 is 23.6 Å². The van der Waals surface area contributed by atoms with E-state index in [0.29, 0.717) is 0 Å². The van der Waals surface area contributed by atoms with E-state index < -0.39 is 6.04 Å². The fraction of sp³-hybridized carbons (Fsp3) is 0.300. The smallest absolute Gasteiger partial charge is 0.222 e. The van der Waals surface area contributed by atoms with Crippen LogP contribution in [0.5, 0.6) is 0 Å². The van der Waals surface area contributed by atoms with Gasteiger partial charge in [0.25, 0.3) is 0 Å². The number of carbonyl (C=O) groups is 2. The lowest BCUT2D eigenvalue weighted by atomic mass is 10.0. The van der Waals surface area contributed by atoms with Crippen LogP contribution in [0.4, 0.5) is 4.39 Å². The largest absolute Gasteiger partial charge is 0.349 e. The van der Waals surface area contributed by atoms with Crippen LogP contribution in [0.1, 0.15) is 43.0 Å². The normalized spacial score (nSPS) is 17.1. The van der Waals surface area contributed by atoms with Gasteiger partial charge in [-0.1, -0.05) is 30.3 Å². The second-order valence-electron chi connectivity index (χ2n) is 6.31. The van der Waals surface area contributed by atoms with Gasteiger partial charge in [-0.3, -0.25) is 9.59 Å². The van der Waals surface area contributed by atoms with Crippen molar-refractivity contribution in [3.8, 4) is 0 Å². The first-order chi connectivity index (χ1) is 12.5. The Labute approximate surface area is 156 Å². The number of hydrogen-bond acceptors (Lipinski definition) is 3. The van der Waals surface area contributed by atoms with Gasteiger partial charge >= 0.3 is 0 Å². The molecule has 2 aromatic carbocycles. The molecule has 136 valence electrons. The molecule has 0 saturated carbocycles. The van der Waals surface area contributed by atoms with Gasteiger partial charge in [0.05, 0.1) is 18.5 Å². The van der Waals surface area contributed by atoms with E-state index >= 15 is 0 Å². The number of benzene rings is 2. The van der Waals surface area contributed by atoms with Gasteiger partial charge in [-0.15, -0.1) is 11.8 Å². The summed E-state index contributed by atoms with van der Waals surface area (Å²) in [5, 5.41) is 5.83. The number of hydrogen-bond donors (Lipinski definition) is 2. The number of rotatable bonds is 5. The standard InChI is InChI=1S/C20H21FN2O2S/c1-13(24)22-18(14-5-3-2-4-6-14)12-20(25)23-17-9-10-26-19-8-7-15(21)11-16(17)19/h2-8,11,17-18H,9-10,12H2,1H3,(H,22,24)(H,23,25). The highest BCUT2D eigenvalue weighted by molar-refractivity contribution is 7.99. The van der Waals surface area contributed by atoms with Gasteiger partial charge in [0.15, 0.2) is 0 Å². The monoisotopic (exact) mass is 372 g/mol. The number of halogens is 1. The summed E-state index contributed by atoms with van der Waals surface area (Å²) < 4.78 is 13.6. The Morgan fingerprint density at radius 3 is 2.73 bits per heavy atom. The van der Waals surface area contributed by atoms with Crippen LogP contribution >= 0.6 is 11.8 Å². The van der Waals surface area contributed by atoms with Crippen LogP contribution in [-0.2, 0) is 9.59 Å². The molecule has 0 radical (unpaired) electrons. The van der Waals surface area contributed by atoms with Crippen LogP contribution in [0, 0.1) is 5.82 Å². The predicted molar refractivity (Wildman–Crippen MR) is 100 cm³/mol. The summed E-state index contributed by atoms with van der Waals surface area (Å²) in [7, 11) is 0. The summed E-state index contributed by atoms with van der Waals surface area (Å²) in [6, 6.07) is 13.5. The Morgan fingerprint density at radius 1 is 1.23 bits per heavy atom. The topological polar surface area (TPSA) is 58.2 Å². The lowest BCUT2D eigenvalue weighted by Gasteiger charge is -2.27. The highest BCUT2D eigenvalue weighted by atomic mass is 32.2. The van der Waals surface area contributed by atoms with E-state index in [0.717, 1.165) is 28.2 Å². The van der Waals surface area contributed by atoms with Crippen molar-refractivity contribution in [2.75, 3.05) is 5.75 Å². The molecule has 1 aliphatic rings. The molecule has 2 aromatic rings. The number of fused-ring (bicyclic) bond motifs is 1. The number of thioether (sulfide) groups is 1. The van der Waals surface area contributed by atoms with E-state index in [-0.39, 0.29) is 30.1 Å². The fourth-order valence-corrected chi connectivity index (χ4v) is 4.24. The van der Waals surface area contributed by atoms with E-state index in [9.17, 15) is 14.0 Å². The minimum Gasteiger partial charge on any atom is -0.349 e. The molecule has 0 saturated heterocycles. The molecule has 1 heterocycles. The summed E-state index contributed by atoms with van der Waals surface area (Å²) >= 11 is 1.67. The van der Waals surface area contributed by atoms with Crippen molar-refractivity contribution in [1.82, 2.24) is 10.6 Å². The molecule has 6 heteroatoms. The molecule has 0 spiro atoms. The van der Waals surface area contributed by atoms with Gasteiger partial charge in [0, 0.05) is 17.6 Å². The number of carbonyl (C=O) groups excluding carboxylic acids is 2. The van der Waals surface area contributed by atoms with Crippen LogP contribution in [0.15, 0.2) is 53.4 Å². The Kier molecular flexibility index (Phi) is 5.93. The molecule has 0 bridgehead atoms. The fourth-order valence-electron chi connectivity index (χ4n) is 3.14. The molecular weight excluding hydrogens is 351 g/mol. The van der Waals surface area contributed by atoms with Crippen molar-refractivity contribution in [3.63, 3.8) is 0 Å². The summed E-state index contributed by atoms with van der Waals surface area (Å²) in [4.78, 5) is 25.1. The molecule has 2 unspecified atom stereocenters. The summed E-state index contributed by atoms with van der Waals surface area (Å²) in [5.41, 5.74) is 1.70. The van der Waals surface area contributed by atoms with E-state index in [1.165, 1.54) is 19.1 Å².